The Morgan fingerprint density at radius 2 is 1.80 bits per heavy atom. The van der Waals surface area contributed by atoms with E-state index in [4.69, 9.17) is 0 Å². The number of carbonyl (C=O) groups excluding carboxylic acids is 2. The van der Waals surface area contributed by atoms with Crippen LogP contribution in [0.3, 0.4) is 0 Å². The molecule has 1 aliphatic heterocycles. The second-order valence-electron chi connectivity index (χ2n) is 7.23. The van der Waals surface area contributed by atoms with Gasteiger partial charge in [0, 0.05) is 26.1 Å². The maximum Gasteiger partial charge on any atom is 0.241 e. The number of para-hydroxylation sites is 1. The Bertz CT molecular complexity index is 1020. The van der Waals surface area contributed by atoms with E-state index < -0.39 is 28.3 Å². The van der Waals surface area contributed by atoms with Crippen molar-refractivity contribution in [3.05, 3.63) is 65.5 Å². The van der Waals surface area contributed by atoms with Crippen molar-refractivity contribution in [3.63, 3.8) is 0 Å². The monoisotopic (exact) mass is 433 g/mol. The molecule has 0 atom stereocenters. The summed E-state index contributed by atoms with van der Waals surface area (Å²) in [5.74, 6) is -1.10. The molecule has 1 N–H and O–H groups in total. The number of nitrogens with one attached hydrogen (secondary N) is 1. The largest absolute Gasteiger partial charge is 0.350 e. The molecule has 2 aromatic rings. The summed E-state index contributed by atoms with van der Waals surface area (Å²) in [6.45, 7) is 1.03. The van der Waals surface area contributed by atoms with Gasteiger partial charge in [-0.1, -0.05) is 36.4 Å². The molecule has 1 fully saturated rings. The molecule has 0 aliphatic carbocycles. The molecular formula is C21H24FN3O4S. The molecule has 7 nitrogen and oxygen atoms in total. The van der Waals surface area contributed by atoms with Gasteiger partial charge in [0.2, 0.25) is 21.8 Å². The first-order chi connectivity index (χ1) is 14.2. The fourth-order valence-electron chi connectivity index (χ4n) is 3.28. The Morgan fingerprint density at radius 3 is 2.40 bits per heavy atom. The van der Waals surface area contributed by atoms with Crippen molar-refractivity contribution in [2.75, 3.05) is 23.7 Å². The Morgan fingerprint density at radius 1 is 1.13 bits per heavy atom. The molecule has 3 rings (SSSR count). The summed E-state index contributed by atoms with van der Waals surface area (Å²) in [7, 11) is -3.84. The molecule has 0 unspecified atom stereocenters. The Hall–Kier alpha value is -2.94. The van der Waals surface area contributed by atoms with Crippen LogP contribution in [0.1, 0.15) is 24.0 Å². The van der Waals surface area contributed by atoms with Crippen molar-refractivity contribution in [2.45, 2.75) is 25.9 Å². The number of hydrogen-bond donors (Lipinski definition) is 1. The van der Waals surface area contributed by atoms with E-state index in [-0.39, 0.29) is 18.1 Å². The van der Waals surface area contributed by atoms with Gasteiger partial charge in [0.1, 0.15) is 12.4 Å². The van der Waals surface area contributed by atoms with E-state index in [0.717, 1.165) is 40.7 Å². The van der Waals surface area contributed by atoms with Gasteiger partial charge >= 0.3 is 0 Å². The van der Waals surface area contributed by atoms with E-state index >= 15 is 0 Å². The number of anilines is 1. The van der Waals surface area contributed by atoms with E-state index in [1.165, 1.54) is 18.2 Å². The number of sulfonamides is 1. The average molecular weight is 434 g/mol. The summed E-state index contributed by atoms with van der Waals surface area (Å²) in [6.07, 6.45) is 2.42. The van der Waals surface area contributed by atoms with Gasteiger partial charge in [-0.05, 0) is 29.7 Å². The SMILES string of the molecule is CS(=O)(=O)N(CC(=O)NCc1ccc(CN2CCCC2=O)cc1)c1ccccc1F. The molecule has 0 aromatic heterocycles. The van der Waals surface area contributed by atoms with Crippen molar-refractivity contribution in [1.82, 2.24) is 10.2 Å². The van der Waals surface area contributed by atoms with E-state index in [0.29, 0.717) is 13.0 Å². The van der Waals surface area contributed by atoms with Crippen LogP contribution in [0.4, 0.5) is 10.1 Å². The summed E-state index contributed by atoms with van der Waals surface area (Å²) in [4.78, 5) is 25.8. The first kappa shape index (κ1) is 21.8. The van der Waals surface area contributed by atoms with Gasteiger partial charge in [-0.2, -0.15) is 0 Å². The van der Waals surface area contributed by atoms with Crippen molar-refractivity contribution in [1.29, 1.82) is 0 Å². The Labute approximate surface area is 175 Å². The molecule has 1 heterocycles. The summed E-state index contributed by atoms with van der Waals surface area (Å²) < 4.78 is 38.9. The predicted molar refractivity (Wildman–Crippen MR) is 112 cm³/mol. The van der Waals surface area contributed by atoms with Crippen molar-refractivity contribution >= 4 is 27.5 Å². The number of hydrogen-bond acceptors (Lipinski definition) is 4. The number of rotatable bonds is 8. The minimum Gasteiger partial charge on any atom is -0.350 e. The molecule has 0 spiro atoms. The van der Waals surface area contributed by atoms with Crippen LogP contribution in [0.15, 0.2) is 48.5 Å². The predicted octanol–water partition coefficient (Wildman–Crippen LogP) is 2.03. The van der Waals surface area contributed by atoms with Gasteiger partial charge in [0.15, 0.2) is 0 Å². The number of amides is 2. The average Bonchev–Trinajstić information content (AvgIpc) is 3.10. The van der Waals surface area contributed by atoms with Crippen LogP contribution >= 0.6 is 0 Å². The van der Waals surface area contributed by atoms with Crippen molar-refractivity contribution in [2.24, 2.45) is 0 Å². The maximum atomic E-state index is 14.0. The van der Waals surface area contributed by atoms with Crippen LogP contribution in [0, 0.1) is 5.82 Å². The van der Waals surface area contributed by atoms with E-state index in [9.17, 15) is 22.4 Å². The third-order valence-electron chi connectivity index (χ3n) is 4.87. The number of likely N-dealkylation sites (tertiary alicyclic amines) is 1. The smallest absolute Gasteiger partial charge is 0.241 e. The molecule has 2 amide bonds. The zero-order valence-electron chi connectivity index (χ0n) is 16.7. The molecular weight excluding hydrogens is 409 g/mol. The lowest BCUT2D eigenvalue weighted by atomic mass is 10.1. The van der Waals surface area contributed by atoms with Crippen molar-refractivity contribution in [3.8, 4) is 0 Å². The molecule has 1 aliphatic rings. The molecule has 0 bridgehead atoms. The van der Waals surface area contributed by atoms with E-state index in [2.05, 4.69) is 5.32 Å². The highest BCUT2D eigenvalue weighted by Gasteiger charge is 2.23. The summed E-state index contributed by atoms with van der Waals surface area (Å²) >= 11 is 0. The van der Waals surface area contributed by atoms with Crippen LogP contribution in [0.25, 0.3) is 0 Å². The number of carbonyl (C=O) groups is 2. The topological polar surface area (TPSA) is 86.8 Å². The van der Waals surface area contributed by atoms with Gasteiger partial charge in [-0.3, -0.25) is 13.9 Å². The molecule has 9 heteroatoms. The van der Waals surface area contributed by atoms with E-state index in [1.54, 1.807) is 0 Å². The fraction of sp³-hybridized carbons (Fsp3) is 0.333. The minimum absolute atomic E-state index is 0.164. The van der Waals surface area contributed by atoms with Crippen LogP contribution in [-0.4, -0.2) is 44.5 Å². The highest BCUT2D eigenvalue weighted by Crippen LogP contribution is 2.21. The second kappa shape index (κ2) is 9.25. The first-order valence-corrected chi connectivity index (χ1v) is 11.4. The van der Waals surface area contributed by atoms with Gasteiger partial charge in [0.25, 0.3) is 0 Å². The quantitative estimate of drug-likeness (QED) is 0.690. The van der Waals surface area contributed by atoms with Gasteiger partial charge in [-0.25, -0.2) is 12.8 Å². The molecule has 0 radical (unpaired) electrons. The Balaban J connectivity index is 1.58. The number of nitrogens with zero attached hydrogens (tertiary/aromatic N) is 2. The molecule has 30 heavy (non-hydrogen) atoms. The van der Waals surface area contributed by atoms with Gasteiger partial charge in [0.05, 0.1) is 11.9 Å². The zero-order valence-corrected chi connectivity index (χ0v) is 17.5. The normalized spacial score (nSPS) is 14.1. The lowest BCUT2D eigenvalue weighted by Gasteiger charge is -2.22. The lowest BCUT2D eigenvalue weighted by molar-refractivity contribution is -0.128. The second-order valence-corrected chi connectivity index (χ2v) is 9.14. The summed E-state index contributed by atoms with van der Waals surface area (Å²) in [5.41, 5.74) is 1.66. The molecule has 0 saturated carbocycles. The summed E-state index contributed by atoms with van der Waals surface area (Å²) in [5, 5.41) is 2.66. The highest BCUT2D eigenvalue weighted by atomic mass is 32.2. The van der Waals surface area contributed by atoms with Crippen molar-refractivity contribution < 1.29 is 22.4 Å². The van der Waals surface area contributed by atoms with Crippen LogP contribution < -0.4 is 9.62 Å². The maximum absolute atomic E-state index is 14.0. The van der Waals surface area contributed by atoms with Crippen LogP contribution in [0.5, 0.6) is 0 Å². The van der Waals surface area contributed by atoms with Crippen LogP contribution in [0.2, 0.25) is 0 Å². The standard InChI is InChI=1S/C21H24FN3O4S/c1-30(28,29)25(19-6-3-2-5-18(19)22)15-20(26)23-13-16-8-10-17(11-9-16)14-24-12-4-7-21(24)27/h2-3,5-6,8-11H,4,7,12-15H2,1H3,(H,23,26). The van der Waals surface area contributed by atoms with Gasteiger partial charge in [-0.15, -0.1) is 0 Å². The number of halogens is 1. The third-order valence-corrected chi connectivity index (χ3v) is 5.99. The highest BCUT2D eigenvalue weighted by molar-refractivity contribution is 7.92. The Kier molecular flexibility index (Phi) is 6.71. The van der Waals surface area contributed by atoms with Crippen LogP contribution in [-0.2, 0) is 32.7 Å². The molecule has 1 saturated heterocycles. The van der Waals surface area contributed by atoms with Gasteiger partial charge < -0.3 is 10.2 Å². The minimum atomic E-state index is -3.84. The fourth-order valence-corrected chi connectivity index (χ4v) is 4.13. The lowest BCUT2D eigenvalue weighted by Crippen LogP contribution is -2.40. The zero-order chi connectivity index (χ0) is 21.7. The van der Waals surface area contributed by atoms with E-state index in [1.807, 2.05) is 29.2 Å². The first-order valence-electron chi connectivity index (χ1n) is 9.58. The summed E-state index contributed by atoms with van der Waals surface area (Å²) in [6, 6.07) is 12.9. The molecule has 160 valence electrons. The molecule has 2 aromatic carbocycles. The number of benzene rings is 2. The third kappa shape index (κ3) is 5.56.